The summed E-state index contributed by atoms with van der Waals surface area (Å²) in [5.41, 5.74) is -0.307. The zero-order valence-electron chi connectivity index (χ0n) is 18.9. The van der Waals surface area contributed by atoms with Crippen LogP contribution < -0.4 is 10.9 Å². The number of rotatable bonds is 6. The maximum atomic E-state index is 13.1. The standard InChI is InChI=1S/C23H29N5O5/c1-14(2)12-26-20-15(3-6-17(29)27-9-10-33-13-23(27)7-8-23)11-24-28(20)22(32)18(21(26)31)19(30)25-16-4-5-16/h3,6,11,14,16,31H,4-5,7-10,12-13H2,1-2H3,(H,25,30)/b6-3+. The molecule has 2 N–H and O–H groups in total. The van der Waals surface area contributed by atoms with E-state index in [0.717, 1.165) is 30.2 Å². The van der Waals surface area contributed by atoms with Crippen LogP contribution >= 0.6 is 0 Å². The second-order valence-corrected chi connectivity index (χ2v) is 9.69. The van der Waals surface area contributed by atoms with Gasteiger partial charge in [0.25, 0.3) is 11.5 Å². The first kappa shape index (κ1) is 21.7. The second-order valence-electron chi connectivity index (χ2n) is 9.69. The van der Waals surface area contributed by atoms with Crippen LogP contribution in [0.5, 0.6) is 5.88 Å². The minimum absolute atomic E-state index is 0.0441. The molecular formula is C23H29N5O5. The molecule has 3 heterocycles. The SMILES string of the molecule is CC(C)Cn1c(O)c(C(=O)NC2CC2)c(=O)n2ncc(/C=C/C(=O)N3CCOCC34CC4)c12. The molecule has 0 unspecified atom stereocenters. The molecule has 10 heteroatoms. The van der Waals surface area contributed by atoms with Crippen LogP contribution in [0.25, 0.3) is 11.7 Å². The average molecular weight is 456 g/mol. The maximum absolute atomic E-state index is 13.1. The summed E-state index contributed by atoms with van der Waals surface area (Å²) in [5, 5.41) is 17.9. The van der Waals surface area contributed by atoms with Gasteiger partial charge in [0.1, 0.15) is 5.65 Å². The summed E-state index contributed by atoms with van der Waals surface area (Å²) in [6, 6.07) is 0.0441. The quantitative estimate of drug-likeness (QED) is 0.631. The van der Waals surface area contributed by atoms with E-state index < -0.39 is 11.5 Å². The highest BCUT2D eigenvalue weighted by Gasteiger charge is 2.51. The number of ether oxygens (including phenoxy) is 1. The Morgan fingerprint density at radius 2 is 2.12 bits per heavy atom. The van der Waals surface area contributed by atoms with Gasteiger partial charge in [-0.05, 0) is 37.7 Å². The summed E-state index contributed by atoms with van der Waals surface area (Å²) in [6.07, 6.45) is 8.20. The molecule has 0 bridgehead atoms. The number of carbonyl (C=O) groups excluding carboxylic acids is 2. The summed E-state index contributed by atoms with van der Waals surface area (Å²) in [5.74, 6) is -0.967. The van der Waals surface area contributed by atoms with Crippen molar-refractivity contribution in [3.8, 4) is 5.88 Å². The lowest BCUT2D eigenvalue weighted by molar-refractivity contribution is -0.136. The molecule has 176 valence electrons. The molecule has 5 rings (SSSR count). The summed E-state index contributed by atoms with van der Waals surface area (Å²) in [7, 11) is 0. The largest absolute Gasteiger partial charge is 0.494 e. The van der Waals surface area contributed by atoms with Crippen molar-refractivity contribution >= 4 is 23.5 Å². The number of fused-ring (bicyclic) bond motifs is 1. The number of nitrogens with zero attached hydrogens (tertiary/aromatic N) is 4. The van der Waals surface area contributed by atoms with Crippen molar-refractivity contribution in [2.75, 3.05) is 19.8 Å². The van der Waals surface area contributed by atoms with E-state index in [2.05, 4.69) is 10.4 Å². The summed E-state index contributed by atoms with van der Waals surface area (Å²) in [6.45, 7) is 5.95. The van der Waals surface area contributed by atoms with E-state index in [1.165, 1.54) is 16.8 Å². The Morgan fingerprint density at radius 3 is 2.79 bits per heavy atom. The van der Waals surface area contributed by atoms with Crippen LogP contribution in [-0.4, -0.2) is 67.3 Å². The molecule has 1 aliphatic heterocycles. The fraction of sp³-hybridized carbons (Fsp3) is 0.565. The number of carbonyl (C=O) groups is 2. The average Bonchev–Trinajstić information content (AvgIpc) is 3.69. The number of aromatic hydroxyl groups is 1. The van der Waals surface area contributed by atoms with Gasteiger partial charge in [-0.1, -0.05) is 13.8 Å². The third kappa shape index (κ3) is 3.92. The molecule has 2 aromatic rings. The molecule has 0 atom stereocenters. The molecular weight excluding hydrogens is 426 g/mol. The lowest BCUT2D eigenvalue weighted by Crippen LogP contribution is -2.50. The normalized spacial score (nSPS) is 19.7. The van der Waals surface area contributed by atoms with Gasteiger partial charge in [0.15, 0.2) is 5.56 Å². The van der Waals surface area contributed by atoms with Crippen molar-refractivity contribution in [1.82, 2.24) is 24.4 Å². The molecule has 3 fully saturated rings. The molecule has 2 saturated carbocycles. The van der Waals surface area contributed by atoms with Crippen LogP contribution in [0.3, 0.4) is 0 Å². The molecule has 0 radical (unpaired) electrons. The highest BCUT2D eigenvalue weighted by Crippen LogP contribution is 2.43. The van der Waals surface area contributed by atoms with E-state index in [9.17, 15) is 19.5 Å². The first-order chi connectivity index (χ1) is 15.8. The van der Waals surface area contributed by atoms with Crippen molar-refractivity contribution in [2.45, 2.75) is 57.7 Å². The van der Waals surface area contributed by atoms with E-state index in [1.807, 2.05) is 18.7 Å². The summed E-state index contributed by atoms with van der Waals surface area (Å²) < 4.78 is 8.20. The number of hydrogen-bond donors (Lipinski definition) is 2. The van der Waals surface area contributed by atoms with Crippen LogP contribution in [0, 0.1) is 5.92 Å². The fourth-order valence-corrected chi connectivity index (χ4v) is 4.44. The van der Waals surface area contributed by atoms with Gasteiger partial charge in [-0.3, -0.25) is 19.0 Å². The third-order valence-corrected chi connectivity index (χ3v) is 6.50. The van der Waals surface area contributed by atoms with Gasteiger partial charge in [-0.2, -0.15) is 9.61 Å². The number of aromatic nitrogens is 3. The van der Waals surface area contributed by atoms with Gasteiger partial charge in [-0.25, -0.2) is 0 Å². The van der Waals surface area contributed by atoms with Crippen LogP contribution in [0.1, 0.15) is 55.5 Å². The van der Waals surface area contributed by atoms with Crippen LogP contribution in [0.4, 0.5) is 0 Å². The summed E-state index contributed by atoms with van der Waals surface area (Å²) >= 11 is 0. The molecule has 1 spiro atoms. The second kappa shape index (κ2) is 8.02. The molecule has 2 amide bonds. The Hall–Kier alpha value is -3.14. The molecule has 1 saturated heterocycles. The molecule has 2 aromatic heterocycles. The summed E-state index contributed by atoms with van der Waals surface area (Å²) in [4.78, 5) is 40.5. The van der Waals surface area contributed by atoms with Crippen molar-refractivity contribution in [3.05, 3.63) is 33.8 Å². The van der Waals surface area contributed by atoms with Gasteiger partial charge in [0.2, 0.25) is 11.8 Å². The Balaban J connectivity index is 1.53. The van der Waals surface area contributed by atoms with Crippen molar-refractivity contribution in [3.63, 3.8) is 0 Å². The lowest BCUT2D eigenvalue weighted by atomic mass is 10.2. The Morgan fingerprint density at radius 1 is 1.36 bits per heavy atom. The van der Waals surface area contributed by atoms with E-state index in [-0.39, 0.29) is 34.8 Å². The Bertz CT molecular complexity index is 1200. The van der Waals surface area contributed by atoms with E-state index >= 15 is 0 Å². The molecule has 33 heavy (non-hydrogen) atoms. The van der Waals surface area contributed by atoms with Crippen LogP contribution in [0.2, 0.25) is 0 Å². The molecule has 3 aliphatic rings. The van der Waals surface area contributed by atoms with Crippen LogP contribution in [-0.2, 0) is 16.1 Å². The van der Waals surface area contributed by atoms with Crippen LogP contribution in [0.15, 0.2) is 17.1 Å². The number of morpholine rings is 1. The zero-order valence-corrected chi connectivity index (χ0v) is 18.9. The topological polar surface area (TPSA) is 118 Å². The molecule has 2 aliphatic carbocycles. The first-order valence-corrected chi connectivity index (χ1v) is 11.5. The fourth-order valence-electron chi connectivity index (χ4n) is 4.44. The third-order valence-electron chi connectivity index (χ3n) is 6.50. The minimum atomic E-state index is -0.684. The van der Waals surface area contributed by atoms with Gasteiger partial charge < -0.3 is 20.1 Å². The van der Waals surface area contributed by atoms with Gasteiger partial charge in [0.05, 0.1) is 24.9 Å². The van der Waals surface area contributed by atoms with Gasteiger partial charge in [-0.15, -0.1) is 0 Å². The van der Waals surface area contributed by atoms with E-state index in [4.69, 9.17) is 4.74 Å². The van der Waals surface area contributed by atoms with E-state index in [0.29, 0.717) is 37.5 Å². The molecule has 0 aromatic carbocycles. The van der Waals surface area contributed by atoms with Gasteiger partial charge >= 0.3 is 0 Å². The molecule has 10 nitrogen and oxygen atoms in total. The minimum Gasteiger partial charge on any atom is -0.494 e. The monoisotopic (exact) mass is 455 g/mol. The number of hydrogen-bond acceptors (Lipinski definition) is 6. The maximum Gasteiger partial charge on any atom is 0.291 e. The predicted molar refractivity (Wildman–Crippen MR) is 120 cm³/mol. The Labute approximate surface area is 190 Å². The van der Waals surface area contributed by atoms with E-state index in [1.54, 1.807) is 6.08 Å². The Kier molecular flexibility index (Phi) is 5.27. The van der Waals surface area contributed by atoms with Crippen molar-refractivity contribution in [2.24, 2.45) is 5.92 Å². The highest BCUT2D eigenvalue weighted by atomic mass is 16.5. The number of amides is 2. The van der Waals surface area contributed by atoms with Crippen molar-refractivity contribution in [1.29, 1.82) is 0 Å². The highest BCUT2D eigenvalue weighted by molar-refractivity contribution is 5.97. The number of nitrogens with one attached hydrogen (secondary N) is 1. The predicted octanol–water partition coefficient (Wildman–Crippen LogP) is 1.15. The zero-order chi connectivity index (χ0) is 23.3. The van der Waals surface area contributed by atoms with Gasteiger partial charge in [0, 0.05) is 30.8 Å². The van der Waals surface area contributed by atoms with Crippen molar-refractivity contribution < 1.29 is 19.4 Å². The first-order valence-electron chi connectivity index (χ1n) is 11.5. The smallest absolute Gasteiger partial charge is 0.291 e. The lowest BCUT2D eigenvalue weighted by Gasteiger charge is -2.35.